The van der Waals surface area contributed by atoms with Gasteiger partial charge in [-0.15, -0.1) is 0 Å². The summed E-state index contributed by atoms with van der Waals surface area (Å²) in [7, 11) is 1.73. The maximum Gasteiger partial charge on any atom is 0.315 e. The molecule has 5 nitrogen and oxygen atoms in total. The molecule has 0 radical (unpaired) electrons. The molecule has 6 heteroatoms. The number of amides is 1. The number of rotatable bonds is 2. The molecule has 1 aromatic carbocycles. The highest BCUT2D eigenvalue weighted by atomic mass is 19.1. The number of halogens is 1. The molecule has 24 heavy (non-hydrogen) atoms. The number of esters is 1. The van der Waals surface area contributed by atoms with Gasteiger partial charge in [0.25, 0.3) is 5.91 Å². The van der Waals surface area contributed by atoms with Crippen molar-refractivity contribution >= 4 is 17.6 Å². The third-order valence-corrected chi connectivity index (χ3v) is 6.01. The molecule has 1 amide bonds. The summed E-state index contributed by atoms with van der Waals surface area (Å²) in [6, 6.07) is 4.61. The second-order valence-corrected chi connectivity index (χ2v) is 7.02. The number of hydrogen-bond donors (Lipinski definition) is 1. The van der Waals surface area contributed by atoms with Crippen molar-refractivity contribution in [3.05, 3.63) is 29.6 Å². The number of likely N-dealkylation sites (N-methyl/N-ethyl adjacent to an activating group) is 1. The van der Waals surface area contributed by atoms with E-state index >= 15 is 0 Å². The molecular formula is C18H22FN2O3+. The molecule has 1 N–H and O–H groups in total. The topological polar surface area (TPSA) is 51.1 Å². The molecule has 0 saturated carbocycles. The van der Waals surface area contributed by atoms with E-state index in [2.05, 4.69) is 0 Å². The number of anilines is 1. The van der Waals surface area contributed by atoms with Crippen LogP contribution in [0.15, 0.2) is 18.2 Å². The van der Waals surface area contributed by atoms with E-state index in [1.807, 2.05) is 0 Å². The monoisotopic (exact) mass is 333 g/mol. The Balaban J connectivity index is 1.84. The van der Waals surface area contributed by atoms with Crippen LogP contribution in [-0.2, 0) is 19.9 Å². The summed E-state index contributed by atoms with van der Waals surface area (Å²) in [6.07, 6.45) is 2.28. The Morgan fingerprint density at radius 1 is 1.50 bits per heavy atom. The SMILES string of the molecule is CCOC(=O)[C@H]1C[C@@]2(C(=O)N(C)c3ccc(F)cc32)[NH+]2CCC[C@H]12. The van der Waals surface area contributed by atoms with Crippen molar-refractivity contribution in [3.63, 3.8) is 0 Å². The van der Waals surface area contributed by atoms with Gasteiger partial charge in [0.2, 0.25) is 5.54 Å². The normalized spacial score (nSPS) is 33.9. The number of fused-ring (bicyclic) bond motifs is 4. The number of benzene rings is 1. The van der Waals surface area contributed by atoms with Crippen molar-refractivity contribution in [2.24, 2.45) is 5.92 Å². The predicted molar refractivity (Wildman–Crippen MR) is 85.1 cm³/mol. The number of nitrogens with one attached hydrogen (secondary N) is 1. The zero-order valence-electron chi connectivity index (χ0n) is 14.0. The Bertz CT molecular complexity index is 722. The van der Waals surface area contributed by atoms with Crippen LogP contribution < -0.4 is 9.80 Å². The third kappa shape index (κ3) is 1.83. The van der Waals surface area contributed by atoms with Crippen LogP contribution >= 0.6 is 0 Å². The van der Waals surface area contributed by atoms with Crippen LogP contribution in [0.1, 0.15) is 31.7 Å². The summed E-state index contributed by atoms with van der Waals surface area (Å²) in [5, 5.41) is 0. The highest BCUT2D eigenvalue weighted by molar-refractivity contribution is 6.06. The standard InChI is InChI=1S/C18H21FN2O3/c1-3-24-16(22)12-10-18(21-8-4-5-14(12)21)13-9-11(19)6-7-15(13)20(2)17(18)23/h6-7,9,12,14H,3-5,8,10H2,1-2H3/p+1/t12-,14+,18+/m0/s1. The second-order valence-electron chi connectivity index (χ2n) is 7.02. The van der Waals surface area contributed by atoms with Crippen LogP contribution in [0.4, 0.5) is 10.1 Å². The number of nitrogens with zero attached hydrogens (tertiary/aromatic N) is 1. The molecule has 3 aliphatic heterocycles. The van der Waals surface area contributed by atoms with Crippen molar-refractivity contribution in [2.75, 3.05) is 25.1 Å². The molecule has 3 aliphatic rings. The van der Waals surface area contributed by atoms with Gasteiger partial charge in [0.1, 0.15) is 17.8 Å². The molecule has 4 atom stereocenters. The van der Waals surface area contributed by atoms with Crippen molar-refractivity contribution < 1.29 is 23.6 Å². The molecule has 2 saturated heterocycles. The lowest BCUT2D eigenvalue weighted by Crippen LogP contribution is -3.19. The van der Waals surface area contributed by atoms with E-state index in [9.17, 15) is 14.0 Å². The maximum atomic E-state index is 13.9. The van der Waals surface area contributed by atoms with Gasteiger partial charge in [-0.3, -0.25) is 9.59 Å². The largest absolute Gasteiger partial charge is 0.466 e. The minimum absolute atomic E-state index is 0.0307. The van der Waals surface area contributed by atoms with E-state index in [4.69, 9.17) is 4.74 Å². The first kappa shape index (κ1) is 15.6. The Kier molecular flexibility index (Phi) is 3.42. The van der Waals surface area contributed by atoms with Crippen LogP contribution in [0.5, 0.6) is 0 Å². The summed E-state index contributed by atoms with van der Waals surface area (Å²) in [4.78, 5) is 28.4. The lowest BCUT2D eigenvalue weighted by Gasteiger charge is -2.30. The highest BCUT2D eigenvalue weighted by Crippen LogP contribution is 2.46. The number of carbonyl (C=O) groups is 2. The third-order valence-electron chi connectivity index (χ3n) is 6.01. The van der Waals surface area contributed by atoms with Crippen LogP contribution in [-0.4, -0.2) is 38.1 Å². The molecule has 4 rings (SSSR count). The van der Waals surface area contributed by atoms with Crippen molar-refractivity contribution in [1.82, 2.24) is 0 Å². The first-order chi connectivity index (χ1) is 11.5. The van der Waals surface area contributed by atoms with E-state index < -0.39 is 5.54 Å². The Morgan fingerprint density at radius 3 is 3.04 bits per heavy atom. The number of ether oxygens (including phenoxy) is 1. The Morgan fingerprint density at radius 2 is 2.29 bits per heavy atom. The van der Waals surface area contributed by atoms with Gasteiger partial charge in [-0.1, -0.05) is 0 Å². The first-order valence-electron chi connectivity index (χ1n) is 8.61. The summed E-state index contributed by atoms with van der Waals surface area (Å²) in [5.41, 5.74) is 0.637. The van der Waals surface area contributed by atoms with E-state index in [-0.39, 0.29) is 29.7 Å². The Labute approximate surface area is 140 Å². The van der Waals surface area contributed by atoms with Crippen LogP contribution in [0, 0.1) is 11.7 Å². The van der Waals surface area contributed by atoms with Gasteiger partial charge >= 0.3 is 5.97 Å². The Hall–Kier alpha value is -1.95. The zero-order valence-corrected chi connectivity index (χ0v) is 14.0. The van der Waals surface area contributed by atoms with E-state index in [1.165, 1.54) is 12.1 Å². The molecule has 128 valence electrons. The maximum absolute atomic E-state index is 13.9. The highest BCUT2D eigenvalue weighted by Gasteiger charge is 2.68. The van der Waals surface area contributed by atoms with Gasteiger partial charge < -0.3 is 14.5 Å². The van der Waals surface area contributed by atoms with E-state index in [0.717, 1.165) is 35.5 Å². The van der Waals surface area contributed by atoms with Crippen LogP contribution in [0.3, 0.4) is 0 Å². The summed E-state index contributed by atoms with van der Waals surface area (Å²) in [5.74, 6) is -0.893. The average molecular weight is 333 g/mol. The molecule has 0 bridgehead atoms. The number of quaternary nitrogens is 1. The summed E-state index contributed by atoms with van der Waals surface area (Å²) >= 11 is 0. The van der Waals surface area contributed by atoms with Gasteiger partial charge in [-0.2, -0.15) is 0 Å². The molecule has 3 heterocycles. The molecule has 1 spiro atoms. The minimum Gasteiger partial charge on any atom is -0.466 e. The van der Waals surface area contributed by atoms with Crippen molar-refractivity contribution in [3.8, 4) is 0 Å². The minimum atomic E-state index is -0.842. The van der Waals surface area contributed by atoms with Crippen molar-refractivity contribution in [1.29, 1.82) is 0 Å². The van der Waals surface area contributed by atoms with Crippen LogP contribution in [0.25, 0.3) is 0 Å². The molecule has 1 aromatic rings. The predicted octanol–water partition coefficient (Wildman–Crippen LogP) is 0.628. The molecule has 1 unspecified atom stereocenters. The number of hydrogen-bond acceptors (Lipinski definition) is 3. The van der Waals surface area contributed by atoms with Crippen molar-refractivity contribution in [2.45, 2.75) is 37.8 Å². The lowest BCUT2D eigenvalue weighted by molar-refractivity contribution is -0.947. The molecule has 2 fully saturated rings. The lowest BCUT2D eigenvalue weighted by atomic mass is 9.84. The molecular weight excluding hydrogens is 311 g/mol. The van der Waals surface area contributed by atoms with E-state index in [0.29, 0.717) is 13.0 Å². The molecule has 0 aromatic heterocycles. The van der Waals surface area contributed by atoms with Crippen LogP contribution in [0.2, 0.25) is 0 Å². The fraction of sp³-hybridized carbons (Fsp3) is 0.556. The smallest absolute Gasteiger partial charge is 0.315 e. The fourth-order valence-electron chi connectivity index (χ4n) is 5.11. The van der Waals surface area contributed by atoms with Gasteiger partial charge in [-0.25, -0.2) is 4.39 Å². The second kappa shape index (κ2) is 5.28. The summed E-state index contributed by atoms with van der Waals surface area (Å²) in [6.45, 7) is 2.96. The number of carbonyl (C=O) groups excluding carboxylic acids is 2. The van der Waals surface area contributed by atoms with Gasteiger partial charge in [0.15, 0.2) is 0 Å². The van der Waals surface area contributed by atoms with Gasteiger partial charge in [-0.05, 0) is 25.1 Å². The fourth-order valence-corrected chi connectivity index (χ4v) is 5.11. The van der Waals surface area contributed by atoms with Gasteiger partial charge in [0.05, 0.1) is 18.8 Å². The first-order valence-corrected chi connectivity index (χ1v) is 8.61. The van der Waals surface area contributed by atoms with Gasteiger partial charge in [0, 0.05) is 31.9 Å². The quantitative estimate of drug-likeness (QED) is 0.808. The average Bonchev–Trinajstić information content (AvgIpc) is 3.19. The zero-order chi connectivity index (χ0) is 17.1. The van der Waals surface area contributed by atoms with E-state index in [1.54, 1.807) is 24.9 Å². The molecule has 0 aliphatic carbocycles. The summed E-state index contributed by atoms with van der Waals surface area (Å²) < 4.78 is 19.2.